The minimum atomic E-state index is 0.261. The summed E-state index contributed by atoms with van der Waals surface area (Å²) in [6.07, 6.45) is 3.14. The fraction of sp³-hybridized carbons (Fsp3) is 0.900. The molecule has 0 aliphatic heterocycles. The molecule has 0 fully saturated rings. The van der Waals surface area contributed by atoms with Crippen molar-refractivity contribution in [1.29, 1.82) is 0 Å². The normalized spacial score (nSPS) is 16.0. The van der Waals surface area contributed by atoms with Crippen molar-refractivity contribution >= 4 is 5.78 Å². The standard InChI is InChI=1S/C10H20O/c1-5-7-9(4)10(11)8(3)6-2/h8-9H,5-7H2,1-4H3/t8-,9-/m1/s1. The predicted octanol–water partition coefficient (Wildman–Crippen LogP) is 3.04. The highest BCUT2D eigenvalue weighted by molar-refractivity contribution is 5.82. The van der Waals surface area contributed by atoms with Gasteiger partial charge >= 0.3 is 0 Å². The van der Waals surface area contributed by atoms with Crippen molar-refractivity contribution in [3.63, 3.8) is 0 Å². The number of ketones is 1. The van der Waals surface area contributed by atoms with E-state index in [1.807, 2.05) is 13.8 Å². The van der Waals surface area contributed by atoms with E-state index in [0.29, 0.717) is 5.78 Å². The van der Waals surface area contributed by atoms with E-state index in [4.69, 9.17) is 0 Å². The Morgan fingerprint density at radius 2 is 1.73 bits per heavy atom. The third kappa shape index (κ3) is 3.54. The van der Waals surface area contributed by atoms with Gasteiger partial charge in [-0.15, -0.1) is 0 Å². The molecule has 2 atom stereocenters. The first-order valence-corrected chi connectivity index (χ1v) is 4.67. The molecule has 0 N–H and O–H groups in total. The Hall–Kier alpha value is -0.330. The van der Waals surface area contributed by atoms with Gasteiger partial charge in [-0.3, -0.25) is 4.79 Å². The van der Waals surface area contributed by atoms with Crippen LogP contribution < -0.4 is 0 Å². The van der Waals surface area contributed by atoms with Crippen molar-refractivity contribution < 1.29 is 4.79 Å². The summed E-state index contributed by atoms with van der Waals surface area (Å²) in [5.74, 6) is 0.973. The maximum absolute atomic E-state index is 11.5. The lowest BCUT2D eigenvalue weighted by molar-refractivity contribution is -0.126. The van der Waals surface area contributed by atoms with Crippen LogP contribution in [0.15, 0.2) is 0 Å². The lowest BCUT2D eigenvalue weighted by Crippen LogP contribution is -2.18. The Morgan fingerprint density at radius 1 is 1.18 bits per heavy atom. The molecule has 0 aliphatic carbocycles. The number of hydrogen-bond donors (Lipinski definition) is 0. The molecule has 0 aromatic rings. The van der Waals surface area contributed by atoms with E-state index >= 15 is 0 Å². The smallest absolute Gasteiger partial charge is 0.138 e. The van der Waals surface area contributed by atoms with Crippen LogP contribution in [0.25, 0.3) is 0 Å². The maximum atomic E-state index is 11.5. The molecule has 11 heavy (non-hydrogen) atoms. The van der Waals surface area contributed by atoms with Gasteiger partial charge in [0.2, 0.25) is 0 Å². The molecule has 1 nitrogen and oxygen atoms in total. The maximum Gasteiger partial charge on any atom is 0.138 e. The van der Waals surface area contributed by atoms with Crippen molar-refractivity contribution in [3.8, 4) is 0 Å². The van der Waals surface area contributed by atoms with Crippen molar-refractivity contribution in [3.05, 3.63) is 0 Å². The number of hydrogen-bond acceptors (Lipinski definition) is 1. The molecule has 0 aliphatic rings. The molecule has 1 heteroatoms. The van der Waals surface area contributed by atoms with Crippen LogP contribution in [0.4, 0.5) is 0 Å². The van der Waals surface area contributed by atoms with Gasteiger partial charge in [0.05, 0.1) is 0 Å². The molecule has 66 valence electrons. The van der Waals surface area contributed by atoms with Gasteiger partial charge in [-0.2, -0.15) is 0 Å². The van der Waals surface area contributed by atoms with Gasteiger partial charge in [-0.05, 0) is 12.8 Å². The highest BCUT2D eigenvalue weighted by Gasteiger charge is 2.16. The fourth-order valence-electron chi connectivity index (χ4n) is 1.26. The quantitative estimate of drug-likeness (QED) is 0.598. The molecule has 0 heterocycles. The molecule has 0 bridgehead atoms. The highest BCUT2D eigenvalue weighted by atomic mass is 16.1. The second kappa shape index (κ2) is 5.34. The molecule has 0 aromatic heterocycles. The third-order valence-electron chi connectivity index (χ3n) is 2.31. The minimum Gasteiger partial charge on any atom is -0.299 e. The monoisotopic (exact) mass is 156 g/mol. The Morgan fingerprint density at radius 3 is 2.09 bits per heavy atom. The van der Waals surface area contributed by atoms with Gasteiger partial charge < -0.3 is 0 Å². The molecular formula is C10H20O. The average Bonchev–Trinajstić information content (AvgIpc) is 2.02. The zero-order valence-electron chi connectivity index (χ0n) is 8.18. The van der Waals surface area contributed by atoms with Gasteiger partial charge in [-0.1, -0.05) is 34.1 Å². The molecular weight excluding hydrogens is 136 g/mol. The lowest BCUT2D eigenvalue weighted by Gasteiger charge is -2.13. The minimum absolute atomic E-state index is 0.261. The largest absolute Gasteiger partial charge is 0.299 e. The van der Waals surface area contributed by atoms with Gasteiger partial charge in [0.15, 0.2) is 0 Å². The summed E-state index contributed by atoms with van der Waals surface area (Å²) in [7, 11) is 0. The average molecular weight is 156 g/mol. The third-order valence-corrected chi connectivity index (χ3v) is 2.31. The van der Waals surface area contributed by atoms with E-state index in [1.165, 1.54) is 0 Å². The lowest BCUT2D eigenvalue weighted by atomic mass is 9.91. The molecule has 0 amide bonds. The summed E-state index contributed by atoms with van der Waals surface area (Å²) >= 11 is 0. The molecule has 0 saturated heterocycles. The van der Waals surface area contributed by atoms with Crippen LogP contribution in [0.5, 0.6) is 0 Å². The van der Waals surface area contributed by atoms with E-state index in [0.717, 1.165) is 19.3 Å². The molecule has 0 rings (SSSR count). The van der Waals surface area contributed by atoms with E-state index in [-0.39, 0.29) is 11.8 Å². The number of carbonyl (C=O) groups is 1. The van der Waals surface area contributed by atoms with E-state index in [9.17, 15) is 4.79 Å². The van der Waals surface area contributed by atoms with E-state index in [1.54, 1.807) is 0 Å². The van der Waals surface area contributed by atoms with Crippen LogP contribution in [-0.4, -0.2) is 5.78 Å². The predicted molar refractivity (Wildman–Crippen MR) is 48.5 cm³/mol. The second-order valence-electron chi connectivity index (χ2n) is 3.40. The van der Waals surface area contributed by atoms with Crippen molar-refractivity contribution in [2.75, 3.05) is 0 Å². The SMILES string of the molecule is CCC[C@@H](C)C(=O)[C@H](C)CC. The second-order valence-corrected chi connectivity index (χ2v) is 3.40. The van der Waals surface area contributed by atoms with Crippen LogP contribution in [0.1, 0.15) is 47.0 Å². The Balaban J connectivity index is 3.81. The van der Waals surface area contributed by atoms with Gasteiger partial charge in [0, 0.05) is 11.8 Å². The topological polar surface area (TPSA) is 17.1 Å². The van der Waals surface area contributed by atoms with Crippen LogP contribution >= 0.6 is 0 Å². The first kappa shape index (κ1) is 10.7. The van der Waals surface area contributed by atoms with Crippen LogP contribution in [-0.2, 0) is 4.79 Å². The number of Topliss-reactive ketones (excluding diaryl/α,β-unsaturated/α-hetero) is 1. The zero-order valence-corrected chi connectivity index (χ0v) is 8.18. The summed E-state index contributed by atoms with van der Waals surface area (Å²) < 4.78 is 0. The van der Waals surface area contributed by atoms with Crippen LogP contribution in [0.3, 0.4) is 0 Å². The van der Waals surface area contributed by atoms with Crippen molar-refractivity contribution in [1.82, 2.24) is 0 Å². The van der Waals surface area contributed by atoms with Crippen molar-refractivity contribution in [2.24, 2.45) is 11.8 Å². The molecule has 0 aromatic carbocycles. The summed E-state index contributed by atoms with van der Waals surface area (Å²) in [6.45, 7) is 8.26. The fourth-order valence-corrected chi connectivity index (χ4v) is 1.26. The molecule has 0 saturated carbocycles. The van der Waals surface area contributed by atoms with E-state index in [2.05, 4.69) is 13.8 Å². The summed E-state index contributed by atoms with van der Waals surface area (Å²) in [5, 5.41) is 0. The first-order chi connectivity index (χ1) is 5.13. The molecule has 0 radical (unpaired) electrons. The van der Waals surface area contributed by atoms with Crippen LogP contribution in [0, 0.1) is 11.8 Å². The summed E-state index contributed by atoms with van der Waals surface area (Å²) in [6, 6.07) is 0. The Kier molecular flexibility index (Phi) is 5.18. The molecule has 0 spiro atoms. The van der Waals surface area contributed by atoms with Gasteiger partial charge in [0.1, 0.15) is 5.78 Å². The van der Waals surface area contributed by atoms with Crippen LogP contribution in [0.2, 0.25) is 0 Å². The summed E-state index contributed by atoms with van der Waals surface area (Å²) in [4.78, 5) is 11.5. The highest BCUT2D eigenvalue weighted by Crippen LogP contribution is 2.14. The molecule has 0 unspecified atom stereocenters. The van der Waals surface area contributed by atoms with Crippen molar-refractivity contribution in [2.45, 2.75) is 47.0 Å². The van der Waals surface area contributed by atoms with Gasteiger partial charge in [0.25, 0.3) is 0 Å². The Labute approximate surface area is 70.2 Å². The Bertz CT molecular complexity index is 118. The van der Waals surface area contributed by atoms with E-state index < -0.39 is 0 Å². The first-order valence-electron chi connectivity index (χ1n) is 4.67. The number of carbonyl (C=O) groups excluding carboxylic acids is 1. The van der Waals surface area contributed by atoms with Gasteiger partial charge in [-0.25, -0.2) is 0 Å². The number of rotatable bonds is 5. The zero-order chi connectivity index (χ0) is 8.85. The summed E-state index contributed by atoms with van der Waals surface area (Å²) in [5.41, 5.74) is 0.